The number of nitrogens with zero attached hydrogens (tertiary/aromatic N) is 1. The van der Waals surface area contributed by atoms with Crippen LogP contribution in [0.3, 0.4) is 0 Å². The van der Waals surface area contributed by atoms with E-state index >= 15 is 0 Å². The summed E-state index contributed by atoms with van der Waals surface area (Å²) in [6.45, 7) is 0.519. The zero-order valence-electron chi connectivity index (χ0n) is 10.2. The van der Waals surface area contributed by atoms with Gasteiger partial charge in [0.2, 0.25) is 5.82 Å². The highest BCUT2D eigenvalue weighted by molar-refractivity contribution is 5.63. The number of hydrogen-bond acceptors (Lipinski definition) is 5. The van der Waals surface area contributed by atoms with E-state index in [0.717, 1.165) is 6.07 Å². The first-order valence-electron chi connectivity index (χ1n) is 5.52. The van der Waals surface area contributed by atoms with Crippen LogP contribution in [0.25, 0.3) is 0 Å². The highest BCUT2D eigenvalue weighted by Gasteiger charge is 2.31. The summed E-state index contributed by atoms with van der Waals surface area (Å²) in [5.74, 6) is -2.32. The van der Waals surface area contributed by atoms with Gasteiger partial charge in [-0.1, -0.05) is 6.92 Å². The van der Waals surface area contributed by atoms with E-state index in [-0.39, 0.29) is 6.42 Å². The third kappa shape index (κ3) is 3.15. The molecule has 1 rings (SSSR count). The van der Waals surface area contributed by atoms with Crippen LogP contribution in [0.4, 0.5) is 20.2 Å². The summed E-state index contributed by atoms with van der Waals surface area (Å²) < 4.78 is 26.5. The molecular weight excluding hydrogens is 262 g/mol. The van der Waals surface area contributed by atoms with Crippen LogP contribution >= 0.6 is 0 Å². The van der Waals surface area contributed by atoms with Gasteiger partial charge < -0.3 is 15.5 Å². The van der Waals surface area contributed by atoms with Gasteiger partial charge in [0.15, 0.2) is 0 Å². The molecule has 0 aliphatic heterocycles. The zero-order chi connectivity index (χ0) is 14.6. The van der Waals surface area contributed by atoms with Crippen LogP contribution < -0.4 is 5.32 Å². The largest absolute Gasteiger partial charge is 0.394 e. The van der Waals surface area contributed by atoms with Gasteiger partial charge in [0.1, 0.15) is 11.5 Å². The molecule has 6 nitrogen and oxygen atoms in total. The van der Waals surface area contributed by atoms with Crippen LogP contribution in [0.2, 0.25) is 0 Å². The van der Waals surface area contributed by atoms with Gasteiger partial charge in [0.25, 0.3) is 0 Å². The van der Waals surface area contributed by atoms with Crippen LogP contribution in [0.1, 0.15) is 13.3 Å². The van der Waals surface area contributed by atoms with Crippen LogP contribution in [-0.2, 0) is 0 Å². The Bertz CT molecular complexity index is 470. The van der Waals surface area contributed by atoms with Crippen molar-refractivity contribution < 1.29 is 23.9 Å². The van der Waals surface area contributed by atoms with E-state index in [1.54, 1.807) is 6.92 Å². The minimum Gasteiger partial charge on any atom is -0.394 e. The van der Waals surface area contributed by atoms with Crippen molar-refractivity contribution in [1.29, 1.82) is 0 Å². The molecular formula is C11H14F2N2O4. The van der Waals surface area contributed by atoms with E-state index in [1.807, 2.05) is 0 Å². The summed E-state index contributed by atoms with van der Waals surface area (Å²) in [7, 11) is 0. The van der Waals surface area contributed by atoms with Gasteiger partial charge in [-0.15, -0.1) is 0 Å². The second-order valence-corrected chi connectivity index (χ2v) is 4.12. The SMILES string of the molecule is CCC(CO)(CO)Nc1cc(F)cc(F)c1[N+](=O)[O-]. The molecule has 1 aromatic rings. The highest BCUT2D eigenvalue weighted by atomic mass is 19.1. The molecule has 0 bridgehead atoms. The third-order valence-corrected chi connectivity index (χ3v) is 2.89. The number of aliphatic hydroxyl groups excluding tert-OH is 2. The molecule has 0 heterocycles. The first-order chi connectivity index (χ1) is 8.89. The van der Waals surface area contributed by atoms with Crippen molar-refractivity contribution >= 4 is 11.4 Å². The van der Waals surface area contributed by atoms with Gasteiger partial charge in [-0.25, -0.2) is 4.39 Å². The fourth-order valence-corrected chi connectivity index (χ4v) is 1.57. The van der Waals surface area contributed by atoms with Gasteiger partial charge in [0, 0.05) is 12.1 Å². The lowest BCUT2D eigenvalue weighted by Gasteiger charge is -2.30. The molecule has 8 heteroatoms. The molecule has 0 spiro atoms. The lowest BCUT2D eigenvalue weighted by molar-refractivity contribution is -0.386. The Morgan fingerprint density at radius 3 is 2.37 bits per heavy atom. The standard InChI is InChI=1S/C11H14F2N2O4/c1-2-11(5-16,6-17)14-9-4-7(12)3-8(13)10(9)15(18)19/h3-4,14,16-17H,2,5-6H2,1H3. The molecule has 0 aliphatic carbocycles. The second kappa shape index (κ2) is 5.89. The minimum atomic E-state index is -1.33. The first-order valence-corrected chi connectivity index (χ1v) is 5.52. The number of halogens is 2. The maximum atomic E-state index is 13.4. The van der Waals surface area contributed by atoms with E-state index in [2.05, 4.69) is 5.32 Å². The molecule has 0 saturated heterocycles. The summed E-state index contributed by atoms with van der Waals surface area (Å²) in [4.78, 5) is 9.79. The number of aliphatic hydroxyl groups is 2. The number of nitro benzene ring substituents is 1. The number of nitro groups is 1. The number of rotatable bonds is 6. The van der Waals surface area contributed by atoms with Gasteiger partial charge >= 0.3 is 5.69 Å². The molecule has 0 aliphatic rings. The maximum Gasteiger partial charge on any atom is 0.327 e. The monoisotopic (exact) mass is 276 g/mol. The Morgan fingerprint density at radius 1 is 1.37 bits per heavy atom. The highest BCUT2D eigenvalue weighted by Crippen LogP contribution is 2.31. The van der Waals surface area contributed by atoms with Crippen LogP contribution in [0, 0.1) is 21.7 Å². The lowest BCUT2D eigenvalue weighted by atomic mass is 9.97. The van der Waals surface area contributed by atoms with Crippen molar-refractivity contribution in [2.45, 2.75) is 18.9 Å². The lowest BCUT2D eigenvalue weighted by Crippen LogP contribution is -2.45. The fraction of sp³-hybridized carbons (Fsp3) is 0.455. The van der Waals surface area contributed by atoms with Gasteiger partial charge in [0.05, 0.1) is 23.7 Å². The quantitative estimate of drug-likeness (QED) is 0.539. The smallest absolute Gasteiger partial charge is 0.327 e. The third-order valence-electron chi connectivity index (χ3n) is 2.89. The van der Waals surface area contributed by atoms with E-state index in [1.165, 1.54) is 0 Å². The van der Waals surface area contributed by atoms with Crippen molar-refractivity contribution in [3.8, 4) is 0 Å². The molecule has 1 aromatic carbocycles. The predicted molar refractivity (Wildman–Crippen MR) is 63.8 cm³/mol. The summed E-state index contributed by atoms with van der Waals surface area (Å²) in [6.07, 6.45) is 0.204. The molecule has 0 radical (unpaired) electrons. The molecule has 106 valence electrons. The van der Waals surface area contributed by atoms with Gasteiger partial charge in [-0.2, -0.15) is 4.39 Å². The van der Waals surface area contributed by atoms with Crippen molar-refractivity contribution in [2.75, 3.05) is 18.5 Å². The summed E-state index contributed by atoms with van der Waals surface area (Å²) in [5.41, 5.74) is -2.64. The molecule has 0 saturated carbocycles. The van der Waals surface area contributed by atoms with Crippen molar-refractivity contribution in [2.24, 2.45) is 0 Å². The average Bonchev–Trinajstić information content (AvgIpc) is 2.34. The van der Waals surface area contributed by atoms with E-state index in [0.29, 0.717) is 6.07 Å². The predicted octanol–water partition coefficient (Wildman–Crippen LogP) is 1.42. The topological polar surface area (TPSA) is 95.6 Å². The average molecular weight is 276 g/mol. The van der Waals surface area contributed by atoms with Crippen molar-refractivity contribution in [1.82, 2.24) is 0 Å². The second-order valence-electron chi connectivity index (χ2n) is 4.12. The first kappa shape index (κ1) is 15.3. The van der Waals surface area contributed by atoms with Crippen LogP contribution in [0.15, 0.2) is 12.1 Å². The Balaban J connectivity index is 3.30. The summed E-state index contributed by atoms with van der Waals surface area (Å²) >= 11 is 0. The van der Waals surface area contributed by atoms with Crippen LogP contribution in [0.5, 0.6) is 0 Å². The van der Waals surface area contributed by atoms with Crippen molar-refractivity contribution in [3.63, 3.8) is 0 Å². The molecule has 0 atom stereocenters. The molecule has 3 N–H and O–H groups in total. The Labute approximate surface area is 107 Å². The number of anilines is 1. The van der Waals surface area contributed by atoms with Crippen molar-refractivity contribution in [3.05, 3.63) is 33.9 Å². The van der Waals surface area contributed by atoms with E-state index in [9.17, 15) is 29.1 Å². The maximum absolute atomic E-state index is 13.4. The number of nitrogens with one attached hydrogen (secondary N) is 1. The fourth-order valence-electron chi connectivity index (χ4n) is 1.57. The number of benzene rings is 1. The molecule has 0 aromatic heterocycles. The minimum absolute atomic E-state index is 0.204. The Morgan fingerprint density at radius 2 is 1.95 bits per heavy atom. The summed E-state index contributed by atoms with van der Waals surface area (Å²) in [6, 6.07) is 1.14. The Hall–Kier alpha value is -1.80. The van der Waals surface area contributed by atoms with Crippen LogP contribution in [-0.4, -0.2) is 33.9 Å². The van der Waals surface area contributed by atoms with Gasteiger partial charge in [-0.3, -0.25) is 10.1 Å². The molecule has 19 heavy (non-hydrogen) atoms. The van der Waals surface area contributed by atoms with Gasteiger partial charge in [-0.05, 0) is 6.42 Å². The molecule has 0 amide bonds. The number of hydrogen-bond donors (Lipinski definition) is 3. The van der Waals surface area contributed by atoms with E-state index < -0.39 is 46.7 Å². The molecule has 0 fully saturated rings. The molecule has 0 unspecified atom stereocenters. The van der Waals surface area contributed by atoms with E-state index in [4.69, 9.17) is 0 Å². The summed E-state index contributed by atoms with van der Waals surface area (Å²) in [5, 5.41) is 31.7. The normalized spacial score (nSPS) is 11.4. The zero-order valence-corrected chi connectivity index (χ0v) is 10.2. The Kier molecular flexibility index (Phi) is 4.73.